The Kier molecular flexibility index (Phi) is 4.08. The lowest BCUT2D eigenvalue weighted by atomic mass is 9.94. The Morgan fingerprint density at radius 1 is 1.48 bits per heavy atom. The van der Waals surface area contributed by atoms with Crippen LogP contribution in [0, 0.1) is 0 Å². The van der Waals surface area contributed by atoms with E-state index >= 15 is 0 Å². The topological polar surface area (TPSA) is 120 Å². The zero-order chi connectivity index (χ0) is 15.6. The van der Waals surface area contributed by atoms with Gasteiger partial charge in [-0.05, 0) is 6.54 Å². The summed E-state index contributed by atoms with van der Waals surface area (Å²) in [5.41, 5.74) is 5.76. The molecule has 0 aliphatic heterocycles. The largest absolute Gasteiger partial charge is 0.476 e. The van der Waals surface area contributed by atoms with Gasteiger partial charge in [0.25, 0.3) is 0 Å². The van der Waals surface area contributed by atoms with E-state index in [1.54, 1.807) is 6.20 Å². The monoisotopic (exact) mass is 293 g/mol. The maximum Gasteiger partial charge on any atom is 0.358 e. The van der Waals surface area contributed by atoms with Crippen LogP contribution in [-0.2, 0) is 18.4 Å². The molecular formula is C13H19N5O3. The fourth-order valence-corrected chi connectivity index (χ4v) is 1.87. The molecule has 0 fully saturated rings. The molecule has 0 radical (unpaired) electrons. The van der Waals surface area contributed by atoms with E-state index in [-0.39, 0.29) is 17.7 Å². The molecule has 0 amide bonds. The summed E-state index contributed by atoms with van der Waals surface area (Å²) in [6, 6.07) is 0. The van der Waals surface area contributed by atoms with Gasteiger partial charge < -0.3 is 15.3 Å². The third-order valence-corrected chi connectivity index (χ3v) is 3.00. The maximum absolute atomic E-state index is 11.1. The van der Waals surface area contributed by atoms with E-state index < -0.39 is 5.97 Å². The SMILES string of the molecule is CC(C)(C)c1cnc(Cn2nnc(C(=O)O)c2CCN)o1. The zero-order valence-electron chi connectivity index (χ0n) is 12.3. The first-order chi connectivity index (χ1) is 9.82. The van der Waals surface area contributed by atoms with Crippen LogP contribution >= 0.6 is 0 Å². The lowest BCUT2D eigenvalue weighted by molar-refractivity contribution is 0.0689. The lowest BCUT2D eigenvalue weighted by Gasteiger charge is -2.13. The summed E-state index contributed by atoms with van der Waals surface area (Å²) in [6.07, 6.45) is 2.05. The van der Waals surface area contributed by atoms with Gasteiger partial charge >= 0.3 is 5.97 Å². The molecule has 2 aromatic heterocycles. The highest BCUT2D eigenvalue weighted by molar-refractivity contribution is 5.86. The molecule has 0 spiro atoms. The first-order valence-electron chi connectivity index (χ1n) is 6.64. The predicted molar refractivity (Wildman–Crippen MR) is 74.0 cm³/mol. The smallest absolute Gasteiger partial charge is 0.358 e. The molecule has 8 nitrogen and oxygen atoms in total. The van der Waals surface area contributed by atoms with Crippen LogP contribution in [0.2, 0.25) is 0 Å². The van der Waals surface area contributed by atoms with Crippen LogP contribution in [0.3, 0.4) is 0 Å². The van der Waals surface area contributed by atoms with E-state index in [0.717, 1.165) is 5.76 Å². The molecule has 3 N–H and O–H groups in total. The second-order valence-corrected chi connectivity index (χ2v) is 5.75. The third kappa shape index (κ3) is 3.27. The summed E-state index contributed by atoms with van der Waals surface area (Å²) in [5.74, 6) is 0.101. The number of hydrogen-bond acceptors (Lipinski definition) is 6. The predicted octanol–water partition coefficient (Wildman–Crippen LogP) is 0.811. The molecule has 8 heteroatoms. The minimum absolute atomic E-state index is 0.0805. The van der Waals surface area contributed by atoms with E-state index in [4.69, 9.17) is 15.3 Å². The molecule has 0 aromatic carbocycles. The van der Waals surface area contributed by atoms with Crippen LogP contribution in [-0.4, -0.2) is 37.6 Å². The summed E-state index contributed by atoms with van der Waals surface area (Å²) in [7, 11) is 0. The maximum atomic E-state index is 11.1. The van der Waals surface area contributed by atoms with Crippen molar-refractivity contribution in [2.24, 2.45) is 5.73 Å². The van der Waals surface area contributed by atoms with Crippen LogP contribution in [0.4, 0.5) is 0 Å². The second kappa shape index (κ2) is 5.65. The van der Waals surface area contributed by atoms with E-state index in [9.17, 15) is 4.79 Å². The van der Waals surface area contributed by atoms with Gasteiger partial charge in [-0.15, -0.1) is 5.10 Å². The number of carboxylic acids is 1. The van der Waals surface area contributed by atoms with Crippen LogP contribution in [0.25, 0.3) is 0 Å². The van der Waals surface area contributed by atoms with Gasteiger partial charge in [-0.1, -0.05) is 26.0 Å². The van der Waals surface area contributed by atoms with Crippen LogP contribution in [0.15, 0.2) is 10.6 Å². The number of oxazole rings is 1. The number of nitrogens with zero attached hydrogens (tertiary/aromatic N) is 4. The molecule has 0 unspecified atom stereocenters. The standard InChI is InChI=1S/C13H19N5O3/c1-13(2,3)9-6-15-10(21-9)7-18-8(4-5-14)11(12(19)20)16-17-18/h6H,4-5,7,14H2,1-3H3,(H,19,20). The Morgan fingerprint density at radius 2 is 2.19 bits per heavy atom. The fourth-order valence-electron chi connectivity index (χ4n) is 1.87. The van der Waals surface area contributed by atoms with Crippen molar-refractivity contribution >= 4 is 5.97 Å². The molecule has 0 atom stereocenters. The summed E-state index contributed by atoms with van der Waals surface area (Å²) in [6.45, 7) is 6.61. The van der Waals surface area contributed by atoms with Crippen molar-refractivity contribution in [3.63, 3.8) is 0 Å². The molecule has 114 valence electrons. The Balaban J connectivity index is 2.27. The van der Waals surface area contributed by atoms with Gasteiger partial charge in [0.2, 0.25) is 5.89 Å². The fraction of sp³-hybridized carbons (Fsp3) is 0.538. The van der Waals surface area contributed by atoms with Crippen molar-refractivity contribution in [3.05, 3.63) is 29.2 Å². The Morgan fingerprint density at radius 3 is 2.71 bits per heavy atom. The molecule has 0 saturated carbocycles. The highest BCUT2D eigenvalue weighted by atomic mass is 16.4. The quantitative estimate of drug-likeness (QED) is 0.836. The number of aromatic carboxylic acids is 1. The molecule has 0 aliphatic rings. The van der Waals surface area contributed by atoms with Gasteiger partial charge in [-0.25, -0.2) is 14.5 Å². The Hall–Kier alpha value is -2.22. The van der Waals surface area contributed by atoms with Crippen molar-refractivity contribution in [3.8, 4) is 0 Å². The van der Waals surface area contributed by atoms with Crippen molar-refractivity contribution in [1.29, 1.82) is 0 Å². The summed E-state index contributed by atoms with van der Waals surface area (Å²) < 4.78 is 7.14. The summed E-state index contributed by atoms with van der Waals surface area (Å²) >= 11 is 0. The number of hydrogen-bond donors (Lipinski definition) is 2. The van der Waals surface area contributed by atoms with Crippen LogP contribution in [0.5, 0.6) is 0 Å². The van der Waals surface area contributed by atoms with Crippen LogP contribution < -0.4 is 5.73 Å². The Bertz CT molecular complexity index is 639. The average Bonchev–Trinajstić information content (AvgIpc) is 2.98. The number of carbonyl (C=O) groups is 1. The summed E-state index contributed by atoms with van der Waals surface area (Å²) in [5, 5.41) is 16.6. The summed E-state index contributed by atoms with van der Waals surface area (Å²) in [4.78, 5) is 15.3. The van der Waals surface area contributed by atoms with Gasteiger partial charge in [-0.2, -0.15) is 0 Å². The minimum atomic E-state index is -1.12. The second-order valence-electron chi connectivity index (χ2n) is 5.75. The van der Waals surface area contributed by atoms with E-state index in [1.807, 2.05) is 20.8 Å². The average molecular weight is 293 g/mol. The van der Waals surface area contributed by atoms with Gasteiger partial charge in [0.15, 0.2) is 5.69 Å². The minimum Gasteiger partial charge on any atom is -0.476 e. The molecule has 2 aromatic rings. The molecule has 0 bridgehead atoms. The van der Waals surface area contributed by atoms with Crippen molar-refractivity contribution in [2.45, 2.75) is 39.2 Å². The molecule has 0 saturated heterocycles. The first kappa shape index (κ1) is 15.2. The van der Waals surface area contributed by atoms with E-state index in [1.165, 1.54) is 4.68 Å². The van der Waals surface area contributed by atoms with Crippen molar-refractivity contribution < 1.29 is 14.3 Å². The first-order valence-corrected chi connectivity index (χ1v) is 6.64. The number of carboxylic acid groups (broad SMARTS) is 1. The number of rotatable bonds is 5. The van der Waals surface area contributed by atoms with Crippen molar-refractivity contribution in [2.75, 3.05) is 6.54 Å². The van der Waals surface area contributed by atoms with Gasteiger partial charge in [0, 0.05) is 11.8 Å². The number of nitrogens with two attached hydrogens (primary N) is 1. The zero-order valence-corrected chi connectivity index (χ0v) is 12.3. The van der Waals surface area contributed by atoms with E-state index in [2.05, 4.69) is 15.3 Å². The lowest BCUT2D eigenvalue weighted by Crippen LogP contribution is -2.14. The molecular weight excluding hydrogens is 274 g/mol. The number of aromatic nitrogens is 4. The normalized spacial score (nSPS) is 11.8. The van der Waals surface area contributed by atoms with Crippen molar-refractivity contribution in [1.82, 2.24) is 20.0 Å². The van der Waals surface area contributed by atoms with Gasteiger partial charge in [0.1, 0.15) is 12.3 Å². The van der Waals surface area contributed by atoms with Gasteiger partial charge in [-0.3, -0.25) is 0 Å². The molecule has 2 heterocycles. The van der Waals surface area contributed by atoms with Gasteiger partial charge in [0.05, 0.1) is 11.9 Å². The highest BCUT2D eigenvalue weighted by Gasteiger charge is 2.22. The molecule has 2 rings (SSSR count). The molecule has 21 heavy (non-hydrogen) atoms. The Labute approximate surface area is 122 Å². The third-order valence-electron chi connectivity index (χ3n) is 3.00. The van der Waals surface area contributed by atoms with E-state index in [0.29, 0.717) is 24.6 Å². The molecule has 0 aliphatic carbocycles. The highest BCUT2D eigenvalue weighted by Crippen LogP contribution is 2.23. The van der Waals surface area contributed by atoms with Crippen LogP contribution in [0.1, 0.15) is 48.6 Å².